The summed E-state index contributed by atoms with van der Waals surface area (Å²) in [6, 6.07) is 0. The van der Waals surface area contributed by atoms with Crippen LogP contribution in [0.15, 0.2) is 0 Å². The van der Waals surface area contributed by atoms with Crippen LogP contribution >= 0.6 is 11.8 Å². The summed E-state index contributed by atoms with van der Waals surface area (Å²) >= 11 is 2.21. The molecule has 1 heterocycles. The standard InChI is InChI=1S/C12H25NS/c1-3-9-13(2)11-12-8-6-4-5-7-10-14-12/h12H,3-11H2,1-2H3. The predicted molar refractivity (Wildman–Crippen MR) is 67.1 cm³/mol. The molecule has 1 atom stereocenters. The largest absolute Gasteiger partial charge is 0.305 e. The smallest absolute Gasteiger partial charge is 0.0174 e. The summed E-state index contributed by atoms with van der Waals surface area (Å²) in [5.41, 5.74) is 0. The van der Waals surface area contributed by atoms with E-state index in [1.54, 1.807) is 0 Å². The molecule has 0 bridgehead atoms. The highest BCUT2D eigenvalue weighted by atomic mass is 32.2. The molecular weight excluding hydrogens is 190 g/mol. The van der Waals surface area contributed by atoms with Crippen LogP contribution in [0.3, 0.4) is 0 Å². The van der Waals surface area contributed by atoms with Crippen LogP contribution in [0.5, 0.6) is 0 Å². The molecule has 0 aromatic heterocycles. The van der Waals surface area contributed by atoms with Gasteiger partial charge in [-0.2, -0.15) is 11.8 Å². The minimum Gasteiger partial charge on any atom is -0.305 e. The Morgan fingerprint density at radius 1 is 1.21 bits per heavy atom. The van der Waals surface area contributed by atoms with Gasteiger partial charge in [-0.25, -0.2) is 0 Å². The van der Waals surface area contributed by atoms with Gasteiger partial charge in [0.1, 0.15) is 0 Å². The molecule has 0 radical (unpaired) electrons. The summed E-state index contributed by atoms with van der Waals surface area (Å²) in [5, 5.41) is 0.909. The molecule has 0 aliphatic carbocycles. The van der Waals surface area contributed by atoms with Gasteiger partial charge < -0.3 is 4.90 Å². The van der Waals surface area contributed by atoms with E-state index in [9.17, 15) is 0 Å². The molecule has 2 heteroatoms. The molecular formula is C12H25NS. The Balaban J connectivity index is 2.19. The van der Waals surface area contributed by atoms with E-state index in [1.165, 1.54) is 57.4 Å². The van der Waals surface area contributed by atoms with E-state index in [2.05, 4.69) is 30.6 Å². The van der Waals surface area contributed by atoms with Crippen molar-refractivity contribution in [2.24, 2.45) is 0 Å². The maximum atomic E-state index is 2.50. The second-order valence-corrected chi connectivity index (χ2v) is 5.87. The molecule has 0 aromatic rings. The summed E-state index contributed by atoms with van der Waals surface area (Å²) in [7, 11) is 2.27. The molecule has 0 spiro atoms. The van der Waals surface area contributed by atoms with Crippen molar-refractivity contribution in [3.05, 3.63) is 0 Å². The zero-order valence-corrected chi connectivity index (χ0v) is 10.6. The molecule has 1 aliphatic rings. The first kappa shape index (κ1) is 12.4. The van der Waals surface area contributed by atoms with Gasteiger partial charge in [-0.15, -0.1) is 0 Å². The van der Waals surface area contributed by atoms with Crippen molar-refractivity contribution in [1.29, 1.82) is 0 Å². The monoisotopic (exact) mass is 215 g/mol. The third-order valence-electron chi connectivity index (χ3n) is 2.89. The zero-order chi connectivity index (χ0) is 10.2. The third kappa shape index (κ3) is 5.26. The van der Waals surface area contributed by atoms with Crippen molar-refractivity contribution >= 4 is 11.8 Å². The molecule has 1 unspecified atom stereocenters. The second kappa shape index (κ2) is 7.58. The van der Waals surface area contributed by atoms with E-state index in [-0.39, 0.29) is 0 Å². The van der Waals surface area contributed by atoms with Crippen LogP contribution in [-0.2, 0) is 0 Å². The van der Waals surface area contributed by atoms with Crippen molar-refractivity contribution in [3.8, 4) is 0 Å². The minimum atomic E-state index is 0.909. The zero-order valence-electron chi connectivity index (χ0n) is 9.80. The lowest BCUT2D eigenvalue weighted by molar-refractivity contribution is 0.328. The fourth-order valence-corrected chi connectivity index (χ4v) is 3.52. The Labute approximate surface area is 93.6 Å². The van der Waals surface area contributed by atoms with Gasteiger partial charge in [0, 0.05) is 11.8 Å². The molecule has 0 amide bonds. The van der Waals surface area contributed by atoms with Gasteiger partial charge in [0.2, 0.25) is 0 Å². The van der Waals surface area contributed by atoms with E-state index in [0.29, 0.717) is 0 Å². The topological polar surface area (TPSA) is 3.24 Å². The second-order valence-electron chi connectivity index (χ2n) is 4.46. The maximum absolute atomic E-state index is 2.50. The number of rotatable bonds is 4. The van der Waals surface area contributed by atoms with Crippen LogP contribution < -0.4 is 0 Å². The fraction of sp³-hybridized carbons (Fsp3) is 1.00. The van der Waals surface area contributed by atoms with E-state index in [0.717, 1.165) is 5.25 Å². The Bertz CT molecular complexity index is 130. The van der Waals surface area contributed by atoms with Crippen LogP contribution in [0.25, 0.3) is 0 Å². The first-order valence-electron chi connectivity index (χ1n) is 6.13. The highest BCUT2D eigenvalue weighted by molar-refractivity contribution is 7.99. The highest BCUT2D eigenvalue weighted by Crippen LogP contribution is 2.24. The third-order valence-corrected chi connectivity index (χ3v) is 4.28. The lowest BCUT2D eigenvalue weighted by Crippen LogP contribution is -2.28. The molecule has 84 valence electrons. The normalized spacial score (nSPS) is 24.6. The summed E-state index contributed by atoms with van der Waals surface area (Å²) in [4.78, 5) is 2.50. The van der Waals surface area contributed by atoms with Gasteiger partial charge in [0.05, 0.1) is 0 Å². The number of nitrogens with zero attached hydrogens (tertiary/aromatic N) is 1. The van der Waals surface area contributed by atoms with Gasteiger partial charge in [-0.05, 0) is 38.6 Å². The highest BCUT2D eigenvalue weighted by Gasteiger charge is 2.13. The quantitative estimate of drug-likeness (QED) is 0.707. The Morgan fingerprint density at radius 2 is 2.00 bits per heavy atom. The van der Waals surface area contributed by atoms with Gasteiger partial charge in [-0.1, -0.05) is 26.2 Å². The van der Waals surface area contributed by atoms with Crippen LogP contribution in [0, 0.1) is 0 Å². The SMILES string of the molecule is CCCN(C)CC1CCCCCCS1. The summed E-state index contributed by atoms with van der Waals surface area (Å²) < 4.78 is 0. The summed E-state index contributed by atoms with van der Waals surface area (Å²) in [6.07, 6.45) is 8.56. The Kier molecular flexibility index (Phi) is 6.70. The lowest BCUT2D eigenvalue weighted by Gasteiger charge is -2.24. The van der Waals surface area contributed by atoms with Gasteiger partial charge in [-0.3, -0.25) is 0 Å². The maximum Gasteiger partial charge on any atom is 0.0174 e. The molecule has 1 saturated heterocycles. The minimum absolute atomic E-state index is 0.909. The molecule has 0 saturated carbocycles. The van der Waals surface area contributed by atoms with Crippen LogP contribution in [0.1, 0.15) is 45.4 Å². The van der Waals surface area contributed by atoms with Crippen LogP contribution in [-0.4, -0.2) is 36.0 Å². The van der Waals surface area contributed by atoms with Crippen LogP contribution in [0.2, 0.25) is 0 Å². The molecule has 1 rings (SSSR count). The summed E-state index contributed by atoms with van der Waals surface area (Å²) in [6.45, 7) is 4.83. The molecule has 1 nitrogen and oxygen atoms in total. The Morgan fingerprint density at radius 3 is 2.79 bits per heavy atom. The van der Waals surface area contributed by atoms with Gasteiger partial charge in [0.15, 0.2) is 0 Å². The van der Waals surface area contributed by atoms with Crippen molar-refractivity contribution in [2.75, 3.05) is 25.9 Å². The van der Waals surface area contributed by atoms with Crippen molar-refractivity contribution in [2.45, 2.75) is 50.7 Å². The first-order chi connectivity index (χ1) is 6.83. The predicted octanol–water partition coefficient (Wildman–Crippen LogP) is 3.39. The number of hydrogen-bond donors (Lipinski definition) is 0. The van der Waals surface area contributed by atoms with Crippen molar-refractivity contribution in [3.63, 3.8) is 0 Å². The lowest BCUT2D eigenvalue weighted by atomic mass is 10.1. The van der Waals surface area contributed by atoms with Gasteiger partial charge in [0.25, 0.3) is 0 Å². The number of thioether (sulfide) groups is 1. The average molecular weight is 215 g/mol. The van der Waals surface area contributed by atoms with Crippen molar-refractivity contribution < 1.29 is 0 Å². The average Bonchev–Trinajstić information content (AvgIpc) is 2.10. The first-order valence-corrected chi connectivity index (χ1v) is 7.18. The van der Waals surface area contributed by atoms with Crippen LogP contribution in [0.4, 0.5) is 0 Å². The molecule has 1 aliphatic heterocycles. The fourth-order valence-electron chi connectivity index (χ4n) is 2.13. The molecule has 0 N–H and O–H groups in total. The summed E-state index contributed by atoms with van der Waals surface area (Å²) in [5.74, 6) is 1.39. The van der Waals surface area contributed by atoms with E-state index >= 15 is 0 Å². The molecule has 0 aromatic carbocycles. The van der Waals surface area contributed by atoms with Gasteiger partial charge >= 0.3 is 0 Å². The van der Waals surface area contributed by atoms with E-state index in [1.807, 2.05) is 0 Å². The van der Waals surface area contributed by atoms with Crippen molar-refractivity contribution in [1.82, 2.24) is 4.90 Å². The number of hydrogen-bond acceptors (Lipinski definition) is 2. The molecule has 1 fully saturated rings. The van der Waals surface area contributed by atoms with E-state index < -0.39 is 0 Å². The Hall–Kier alpha value is 0.310. The van der Waals surface area contributed by atoms with E-state index in [4.69, 9.17) is 0 Å². The molecule has 14 heavy (non-hydrogen) atoms.